The Morgan fingerprint density at radius 2 is 2.46 bits per heavy atom. The summed E-state index contributed by atoms with van der Waals surface area (Å²) in [6, 6.07) is 0.677. The van der Waals surface area contributed by atoms with Crippen LogP contribution >= 0.6 is 0 Å². The average Bonchev–Trinajstić information content (AvgIpc) is 2.71. The smallest absolute Gasteiger partial charge is 0.180 e. The van der Waals surface area contributed by atoms with E-state index >= 15 is 0 Å². The minimum atomic E-state index is 0.677. The molecular formula is C10H16N2O. The molecule has 2 heterocycles. The molecule has 0 bridgehead atoms. The molecule has 0 amide bonds. The van der Waals surface area contributed by atoms with E-state index in [0.29, 0.717) is 6.04 Å². The molecule has 1 aliphatic heterocycles. The summed E-state index contributed by atoms with van der Waals surface area (Å²) < 4.78 is 4.95. The Hall–Kier alpha value is -0.830. The predicted molar refractivity (Wildman–Crippen MR) is 50.2 cm³/mol. The van der Waals surface area contributed by atoms with Crippen molar-refractivity contribution in [1.82, 2.24) is 9.88 Å². The Bertz CT molecular complexity index is 258. The van der Waals surface area contributed by atoms with Crippen LogP contribution in [0, 0.1) is 5.92 Å². The van der Waals surface area contributed by atoms with Gasteiger partial charge in [-0.2, -0.15) is 0 Å². The Balaban J connectivity index is 1.96. The minimum absolute atomic E-state index is 0.677. The summed E-state index contributed by atoms with van der Waals surface area (Å²) in [7, 11) is 0. The van der Waals surface area contributed by atoms with Gasteiger partial charge in [0.05, 0.1) is 5.69 Å². The van der Waals surface area contributed by atoms with E-state index in [1.165, 1.54) is 19.4 Å². The molecular weight excluding hydrogens is 164 g/mol. The van der Waals surface area contributed by atoms with E-state index in [9.17, 15) is 0 Å². The molecule has 1 aromatic heterocycles. The molecule has 1 saturated heterocycles. The summed E-state index contributed by atoms with van der Waals surface area (Å²) in [5.41, 5.74) is 1.04. The third-order valence-electron chi connectivity index (χ3n) is 3.12. The highest BCUT2D eigenvalue weighted by atomic mass is 16.3. The molecule has 0 saturated carbocycles. The van der Waals surface area contributed by atoms with Crippen LogP contribution in [-0.4, -0.2) is 22.5 Å². The van der Waals surface area contributed by atoms with Gasteiger partial charge in [0.1, 0.15) is 6.26 Å². The number of likely N-dealkylation sites (tertiary alicyclic amines) is 1. The Labute approximate surface area is 78.8 Å². The van der Waals surface area contributed by atoms with Gasteiger partial charge in [-0.1, -0.05) is 6.92 Å². The lowest BCUT2D eigenvalue weighted by Crippen LogP contribution is -2.28. The number of rotatable bonds is 2. The lowest BCUT2D eigenvalue weighted by molar-refractivity contribution is 0.236. The van der Waals surface area contributed by atoms with E-state index in [2.05, 4.69) is 23.7 Å². The summed E-state index contributed by atoms with van der Waals surface area (Å²) in [5.74, 6) is 0.812. The molecule has 0 aromatic carbocycles. The number of hydrogen-bond acceptors (Lipinski definition) is 3. The number of oxazole rings is 1. The molecule has 0 spiro atoms. The van der Waals surface area contributed by atoms with Crippen molar-refractivity contribution in [1.29, 1.82) is 0 Å². The molecule has 0 aliphatic carbocycles. The van der Waals surface area contributed by atoms with E-state index < -0.39 is 0 Å². The normalized spacial score (nSPS) is 29.7. The Morgan fingerprint density at radius 3 is 3.00 bits per heavy atom. The van der Waals surface area contributed by atoms with Gasteiger partial charge in [0.15, 0.2) is 6.39 Å². The highest BCUT2D eigenvalue weighted by molar-refractivity contribution is 4.93. The molecule has 2 rings (SSSR count). The zero-order chi connectivity index (χ0) is 9.26. The molecule has 1 aliphatic rings. The van der Waals surface area contributed by atoms with Crippen molar-refractivity contribution >= 4 is 0 Å². The van der Waals surface area contributed by atoms with Crippen LogP contribution in [0.5, 0.6) is 0 Å². The number of aromatic nitrogens is 1. The fourth-order valence-electron chi connectivity index (χ4n) is 1.92. The highest BCUT2D eigenvalue weighted by Gasteiger charge is 2.27. The lowest BCUT2D eigenvalue weighted by Gasteiger charge is -2.21. The van der Waals surface area contributed by atoms with Crippen molar-refractivity contribution in [2.45, 2.75) is 32.9 Å². The molecule has 13 heavy (non-hydrogen) atoms. The SMILES string of the molecule is CC1CCN(Cc2cocn2)C1C. The first kappa shape index (κ1) is 8.75. The van der Waals surface area contributed by atoms with Crippen LogP contribution in [0.25, 0.3) is 0 Å². The van der Waals surface area contributed by atoms with Crippen molar-refractivity contribution in [2.24, 2.45) is 5.92 Å². The van der Waals surface area contributed by atoms with Crippen LogP contribution in [0.3, 0.4) is 0 Å². The maximum atomic E-state index is 4.95. The monoisotopic (exact) mass is 180 g/mol. The van der Waals surface area contributed by atoms with Crippen LogP contribution in [-0.2, 0) is 6.54 Å². The molecule has 3 nitrogen and oxygen atoms in total. The third-order valence-corrected chi connectivity index (χ3v) is 3.12. The van der Waals surface area contributed by atoms with Gasteiger partial charge in [-0.15, -0.1) is 0 Å². The molecule has 1 fully saturated rings. The maximum absolute atomic E-state index is 4.95. The average molecular weight is 180 g/mol. The van der Waals surface area contributed by atoms with Gasteiger partial charge in [0.25, 0.3) is 0 Å². The summed E-state index contributed by atoms with van der Waals surface area (Å²) in [4.78, 5) is 6.59. The quantitative estimate of drug-likeness (QED) is 0.696. The first-order valence-electron chi connectivity index (χ1n) is 4.88. The molecule has 3 heteroatoms. The van der Waals surface area contributed by atoms with E-state index in [4.69, 9.17) is 4.42 Å². The van der Waals surface area contributed by atoms with Crippen molar-refractivity contribution < 1.29 is 4.42 Å². The van der Waals surface area contributed by atoms with Crippen LogP contribution in [0.2, 0.25) is 0 Å². The summed E-state index contributed by atoms with van der Waals surface area (Å²) in [6.07, 6.45) is 4.54. The second-order valence-electron chi connectivity index (χ2n) is 3.96. The Kier molecular flexibility index (Phi) is 2.36. The highest BCUT2D eigenvalue weighted by Crippen LogP contribution is 2.24. The van der Waals surface area contributed by atoms with Gasteiger partial charge in [0.2, 0.25) is 0 Å². The van der Waals surface area contributed by atoms with E-state index in [1.807, 2.05) is 0 Å². The van der Waals surface area contributed by atoms with Gasteiger partial charge in [0, 0.05) is 12.6 Å². The topological polar surface area (TPSA) is 29.3 Å². The third kappa shape index (κ3) is 1.75. The van der Waals surface area contributed by atoms with E-state index in [0.717, 1.165) is 18.2 Å². The minimum Gasteiger partial charge on any atom is -0.451 e. The second-order valence-corrected chi connectivity index (χ2v) is 3.96. The maximum Gasteiger partial charge on any atom is 0.180 e. The van der Waals surface area contributed by atoms with E-state index in [-0.39, 0.29) is 0 Å². The van der Waals surface area contributed by atoms with E-state index in [1.54, 1.807) is 6.26 Å². The molecule has 0 N–H and O–H groups in total. The zero-order valence-electron chi connectivity index (χ0n) is 8.23. The summed E-state index contributed by atoms with van der Waals surface area (Å²) in [6.45, 7) is 6.72. The van der Waals surface area contributed by atoms with Crippen LogP contribution in [0.15, 0.2) is 17.1 Å². The first-order chi connectivity index (χ1) is 6.27. The van der Waals surface area contributed by atoms with Gasteiger partial charge in [-0.3, -0.25) is 4.90 Å². The molecule has 2 atom stereocenters. The summed E-state index contributed by atoms with van der Waals surface area (Å²) >= 11 is 0. The van der Waals surface area contributed by atoms with Crippen molar-refractivity contribution in [3.8, 4) is 0 Å². The van der Waals surface area contributed by atoms with Crippen molar-refractivity contribution in [3.63, 3.8) is 0 Å². The molecule has 1 aromatic rings. The second kappa shape index (κ2) is 3.50. The fraction of sp³-hybridized carbons (Fsp3) is 0.700. The van der Waals surface area contributed by atoms with Gasteiger partial charge >= 0.3 is 0 Å². The fourth-order valence-corrected chi connectivity index (χ4v) is 1.92. The Morgan fingerprint density at radius 1 is 1.62 bits per heavy atom. The molecule has 0 radical (unpaired) electrons. The number of hydrogen-bond donors (Lipinski definition) is 0. The standard InChI is InChI=1S/C10H16N2O/c1-8-3-4-12(9(8)2)5-10-6-13-7-11-10/h6-9H,3-5H2,1-2H3. The van der Waals surface area contributed by atoms with Crippen LogP contribution < -0.4 is 0 Å². The zero-order valence-corrected chi connectivity index (χ0v) is 8.23. The first-order valence-corrected chi connectivity index (χ1v) is 4.88. The summed E-state index contributed by atoms with van der Waals surface area (Å²) in [5, 5.41) is 0. The van der Waals surface area contributed by atoms with Crippen LogP contribution in [0.1, 0.15) is 26.0 Å². The molecule has 2 unspecified atom stereocenters. The van der Waals surface area contributed by atoms with Crippen molar-refractivity contribution in [2.75, 3.05) is 6.54 Å². The van der Waals surface area contributed by atoms with Gasteiger partial charge in [-0.05, 0) is 25.8 Å². The largest absolute Gasteiger partial charge is 0.451 e. The van der Waals surface area contributed by atoms with Gasteiger partial charge in [-0.25, -0.2) is 4.98 Å². The lowest BCUT2D eigenvalue weighted by atomic mass is 10.1. The number of nitrogens with zero attached hydrogens (tertiary/aromatic N) is 2. The van der Waals surface area contributed by atoms with Crippen LogP contribution in [0.4, 0.5) is 0 Å². The van der Waals surface area contributed by atoms with Gasteiger partial charge < -0.3 is 4.42 Å². The predicted octanol–water partition coefficient (Wildman–Crippen LogP) is 1.90. The van der Waals surface area contributed by atoms with Crippen molar-refractivity contribution in [3.05, 3.63) is 18.4 Å². The molecule has 72 valence electrons.